The van der Waals surface area contributed by atoms with Gasteiger partial charge in [-0.1, -0.05) is 31.0 Å². The van der Waals surface area contributed by atoms with Gasteiger partial charge >= 0.3 is 0 Å². The first kappa shape index (κ1) is 14.1. The van der Waals surface area contributed by atoms with Crippen LogP contribution in [0.1, 0.15) is 38.2 Å². The molecule has 0 saturated heterocycles. The summed E-state index contributed by atoms with van der Waals surface area (Å²) in [5.41, 5.74) is 1.99. The Morgan fingerprint density at radius 2 is 1.89 bits per heavy atom. The molecule has 1 aromatic carbocycles. The summed E-state index contributed by atoms with van der Waals surface area (Å²) in [6.07, 6.45) is 4.27. The first-order valence-electron chi connectivity index (χ1n) is 6.64. The van der Waals surface area contributed by atoms with Crippen LogP contribution in [0.25, 0.3) is 0 Å². The van der Waals surface area contributed by atoms with E-state index >= 15 is 0 Å². The number of hydrazone groups is 1. The normalized spacial score (nSPS) is 22.4. The Bertz CT molecular complexity index is 562. The molecule has 1 atom stereocenters. The molecule has 0 aliphatic heterocycles. The SMILES string of the molecule is Cc1ccc(S(=O)(=O)N/N=C2/CCCCC2C)cc1. The lowest BCUT2D eigenvalue weighted by atomic mass is 9.89. The molecule has 0 heterocycles. The summed E-state index contributed by atoms with van der Waals surface area (Å²) in [5, 5.41) is 4.11. The van der Waals surface area contributed by atoms with E-state index in [1.165, 1.54) is 6.42 Å². The Balaban J connectivity index is 2.13. The van der Waals surface area contributed by atoms with E-state index in [9.17, 15) is 8.42 Å². The highest BCUT2D eigenvalue weighted by molar-refractivity contribution is 7.89. The molecular weight excluding hydrogens is 260 g/mol. The summed E-state index contributed by atoms with van der Waals surface area (Å²) in [4.78, 5) is 2.61. The lowest BCUT2D eigenvalue weighted by molar-refractivity contribution is 0.552. The molecule has 1 saturated carbocycles. The zero-order valence-corrected chi connectivity index (χ0v) is 12.2. The molecule has 1 aliphatic rings. The van der Waals surface area contributed by atoms with Gasteiger partial charge in [0.25, 0.3) is 10.0 Å². The van der Waals surface area contributed by atoms with Crippen LogP contribution in [0.3, 0.4) is 0 Å². The summed E-state index contributed by atoms with van der Waals surface area (Å²) in [6, 6.07) is 6.76. The quantitative estimate of drug-likeness (QED) is 0.865. The van der Waals surface area contributed by atoms with Crippen molar-refractivity contribution in [1.29, 1.82) is 0 Å². The van der Waals surface area contributed by atoms with Crippen LogP contribution in [-0.2, 0) is 10.0 Å². The fraction of sp³-hybridized carbons (Fsp3) is 0.500. The van der Waals surface area contributed by atoms with E-state index in [1.54, 1.807) is 24.3 Å². The Morgan fingerprint density at radius 3 is 2.53 bits per heavy atom. The van der Waals surface area contributed by atoms with Crippen LogP contribution in [0, 0.1) is 12.8 Å². The Morgan fingerprint density at radius 1 is 1.21 bits per heavy atom. The van der Waals surface area contributed by atoms with Crippen LogP contribution in [0.5, 0.6) is 0 Å². The Kier molecular flexibility index (Phi) is 4.24. The van der Waals surface area contributed by atoms with E-state index < -0.39 is 10.0 Å². The van der Waals surface area contributed by atoms with Gasteiger partial charge in [0.05, 0.1) is 4.90 Å². The third kappa shape index (κ3) is 3.56. The molecule has 1 aliphatic carbocycles. The summed E-state index contributed by atoms with van der Waals surface area (Å²) in [5.74, 6) is 0.370. The standard InChI is InChI=1S/C14H20N2O2S/c1-11-7-9-13(10-8-11)19(17,18)16-15-14-6-4-3-5-12(14)2/h7-10,12,16H,3-6H2,1-2H3/b15-14-. The number of rotatable bonds is 3. The van der Waals surface area contributed by atoms with Crippen molar-refractivity contribution in [1.82, 2.24) is 4.83 Å². The van der Waals surface area contributed by atoms with Crippen LogP contribution in [0.15, 0.2) is 34.3 Å². The lowest BCUT2D eigenvalue weighted by Gasteiger charge is -2.19. The van der Waals surface area contributed by atoms with Gasteiger partial charge in [0.2, 0.25) is 0 Å². The highest BCUT2D eigenvalue weighted by Gasteiger charge is 2.18. The van der Waals surface area contributed by atoms with Crippen molar-refractivity contribution in [2.24, 2.45) is 11.0 Å². The molecule has 1 N–H and O–H groups in total. The zero-order valence-electron chi connectivity index (χ0n) is 11.4. The third-order valence-corrected chi connectivity index (χ3v) is 4.75. The molecule has 1 aromatic rings. The second-order valence-corrected chi connectivity index (χ2v) is 6.82. The monoisotopic (exact) mass is 280 g/mol. The number of nitrogens with one attached hydrogen (secondary N) is 1. The molecule has 1 fully saturated rings. The van der Waals surface area contributed by atoms with E-state index in [-0.39, 0.29) is 4.90 Å². The molecule has 0 amide bonds. The average molecular weight is 280 g/mol. The first-order chi connectivity index (χ1) is 8.99. The largest absolute Gasteiger partial charge is 0.276 e. The van der Waals surface area contributed by atoms with Crippen molar-refractivity contribution in [3.63, 3.8) is 0 Å². The molecule has 19 heavy (non-hydrogen) atoms. The molecule has 4 nitrogen and oxygen atoms in total. The number of benzene rings is 1. The predicted molar refractivity (Wildman–Crippen MR) is 76.6 cm³/mol. The van der Waals surface area contributed by atoms with E-state index in [4.69, 9.17) is 0 Å². The number of hydrogen-bond acceptors (Lipinski definition) is 3. The third-order valence-electron chi connectivity index (χ3n) is 3.53. The molecule has 0 spiro atoms. The maximum atomic E-state index is 12.1. The van der Waals surface area contributed by atoms with Crippen molar-refractivity contribution in [2.75, 3.05) is 0 Å². The minimum atomic E-state index is -3.54. The van der Waals surface area contributed by atoms with Crippen molar-refractivity contribution in [3.8, 4) is 0 Å². The second-order valence-electron chi connectivity index (χ2n) is 5.16. The van der Waals surface area contributed by atoms with E-state index in [2.05, 4.69) is 16.9 Å². The maximum absolute atomic E-state index is 12.1. The Hall–Kier alpha value is -1.36. The van der Waals surface area contributed by atoms with Gasteiger partial charge in [0, 0.05) is 5.71 Å². The van der Waals surface area contributed by atoms with Crippen LogP contribution < -0.4 is 4.83 Å². The summed E-state index contributed by atoms with van der Waals surface area (Å²) < 4.78 is 24.1. The van der Waals surface area contributed by atoms with Crippen molar-refractivity contribution in [3.05, 3.63) is 29.8 Å². The number of hydrogen-bond donors (Lipinski definition) is 1. The van der Waals surface area contributed by atoms with E-state index in [1.807, 2.05) is 6.92 Å². The summed E-state index contributed by atoms with van der Waals surface area (Å²) in [6.45, 7) is 4.02. The Labute approximate surface area is 115 Å². The van der Waals surface area contributed by atoms with E-state index in [0.29, 0.717) is 5.92 Å². The highest BCUT2D eigenvalue weighted by Crippen LogP contribution is 2.21. The maximum Gasteiger partial charge on any atom is 0.276 e. The minimum absolute atomic E-state index is 0.255. The van der Waals surface area contributed by atoms with Crippen LogP contribution in [-0.4, -0.2) is 14.1 Å². The van der Waals surface area contributed by atoms with Crippen LogP contribution in [0.4, 0.5) is 0 Å². The average Bonchev–Trinajstić information content (AvgIpc) is 2.38. The van der Waals surface area contributed by atoms with Crippen molar-refractivity contribution >= 4 is 15.7 Å². The molecule has 1 unspecified atom stereocenters. The van der Waals surface area contributed by atoms with Crippen LogP contribution >= 0.6 is 0 Å². The number of sulfonamides is 1. The molecule has 0 radical (unpaired) electrons. The molecule has 0 aromatic heterocycles. The molecular formula is C14H20N2O2S. The fourth-order valence-corrected chi connectivity index (χ4v) is 3.06. The van der Waals surface area contributed by atoms with Gasteiger partial charge in [0.15, 0.2) is 0 Å². The fourth-order valence-electron chi connectivity index (χ4n) is 2.22. The van der Waals surface area contributed by atoms with Crippen molar-refractivity contribution in [2.45, 2.75) is 44.4 Å². The summed E-state index contributed by atoms with van der Waals surface area (Å²) in [7, 11) is -3.54. The van der Waals surface area contributed by atoms with Crippen LogP contribution in [0.2, 0.25) is 0 Å². The smallest absolute Gasteiger partial charge is 0.200 e. The minimum Gasteiger partial charge on any atom is -0.200 e. The van der Waals surface area contributed by atoms with Gasteiger partial charge < -0.3 is 0 Å². The number of nitrogens with zero attached hydrogens (tertiary/aromatic N) is 1. The van der Waals surface area contributed by atoms with Gasteiger partial charge in [0.1, 0.15) is 0 Å². The molecule has 0 bridgehead atoms. The number of aryl methyl sites for hydroxylation is 1. The second kappa shape index (κ2) is 5.74. The highest BCUT2D eigenvalue weighted by atomic mass is 32.2. The van der Waals surface area contributed by atoms with Gasteiger partial charge in [-0.3, -0.25) is 0 Å². The van der Waals surface area contributed by atoms with Gasteiger partial charge in [-0.15, -0.1) is 0 Å². The van der Waals surface area contributed by atoms with Gasteiger partial charge in [-0.2, -0.15) is 13.5 Å². The van der Waals surface area contributed by atoms with Gasteiger partial charge in [-0.25, -0.2) is 4.83 Å². The van der Waals surface area contributed by atoms with Gasteiger partial charge in [-0.05, 0) is 44.2 Å². The first-order valence-corrected chi connectivity index (χ1v) is 8.12. The van der Waals surface area contributed by atoms with Crippen molar-refractivity contribution < 1.29 is 8.42 Å². The topological polar surface area (TPSA) is 58.5 Å². The molecule has 104 valence electrons. The van der Waals surface area contributed by atoms with E-state index in [0.717, 1.165) is 30.5 Å². The predicted octanol–water partition coefficient (Wildman–Crippen LogP) is 2.84. The summed E-state index contributed by atoms with van der Waals surface area (Å²) >= 11 is 0. The molecule has 5 heteroatoms. The zero-order chi connectivity index (χ0) is 13.9. The molecule has 2 rings (SSSR count). The lowest BCUT2D eigenvalue weighted by Crippen LogP contribution is -2.24.